The fraction of sp³-hybridized carbons (Fsp3) is 0.412. The molecule has 110 valence electrons. The highest BCUT2D eigenvalue weighted by Gasteiger charge is 2.39. The summed E-state index contributed by atoms with van der Waals surface area (Å²) in [6.07, 6.45) is 1.01. The number of benzene rings is 1. The van der Waals surface area contributed by atoms with Crippen LogP contribution < -0.4 is 5.32 Å². The summed E-state index contributed by atoms with van der Waals surface area (Å²) >= 11 is 0. The van der Waals surface area contributed by atoms with Gasteiger partial charge in [0.1, 0.15) is 0 Å². The lowest BCUT2D eigenvalue weighted by Crippen LogP contribution is -2.14. The zero-order chi connectivity index (χ0) is 15.0. The predicted molar refractivity (Wildman–Crippen MR) is 83.1 cm³/mol. The first kappa shape index (κ1) is 13.9. The Balaban J connectivity index is 1.71. The van der Waals surface area contributed by atoms with Crippen molar-refractivity contribution in [2.45, 2.75) is 33.7 Å². The van der Waals surface area contributed by atoms with E-state index >= 15 is 0 Å². The van der Waals surface area contributed by atoms with E-state index in [1.54, 1.807) is 0 Å². The van der Waals surface area contributed by atoms with Crippen LogP contribution in [0.4, 0.5) is 5.69 Å². The molecule has 0 spiro atoms. The minimum Gasteiger partial charge on any atom is -0.326 e. The summed E-state index contributed by atoms with van der Waals surface area (Å²) in [6.45, 7) is 6.89. The van der Waals surface area contributed by atoms with E-state index < -0.39 is 0 Å². The summed E-state index contributed by atoms with van der Waals surface area (Å²) in [6, 6.07) is 10.1. The summed E-state index contributed by atoms with van der Waals surface area (Å²) < 4.78 is 1.99. The average Bonchev–Trinajstić information content (AvgIpc) is 3.07. The second-order valence-electron chi connectivity index (χ2n) is 6.09. The molecule has 1 saturated carbocycles. The molecule has 0 radical (unpaired) electrons. The van der Waals surface area contributed by atoms with Gasteiger partial charge in [-0.1, -0.05) is 19.1 Å². The van der Waals surface area contributed by atoms with E-state index in [0.29, 0.717) is 5.92 Å². The van der Waals surface area contributed by atoms with Gasteiger partial charge in [-0.25, -0.2) is 0 Å². The number of rotatable bonds is 4. The summed E-state index contributed by atoms with van der Waals surface area (Å²) in [4.78, 5) is 12.0. The Hall–Kier alpha value is -2.10. The zero-order valence-electron chi connectivity index (χ0n) is 12.8. The smallest absolute Gasteiger partial charge is 0.227 e. The van der Waals surface area contributed by atoms with Gasteiger partial charge in [-0.05, 0) is 49.9 Å². The van der Waals surface area contributed by atoms with Crippen molar-refractivity contribution < 1.29 is 4.79 Å². The van der Waals surface area contributed by atoms with Gasteiger partial charge < -0.3 is 5.32 Å². The molecule has 1 heterocycles. The van der Waals surface area contributed by atoms with E-state index in [-0.39, 0.29) is 11.8 Å². The van der Waals surface area contributed by atoms with Gasteiger partial charge in [-0.3, -0.25) is 9.48 Å². The van der Waals surface area contributed by atoms with Crippen molar-refractivity contribution in [2.75, 3.05) is 5.32 Å². The first-order valence-corrected chi connectivity index (χ1v) is 7.44. The lowest BCUT2D eigenvalue weighted by Gasteiger charge is -2.08. The molecule has 4 heteroatoms. The van der Waals surface area contributed by atoms with Crippen LogP contribution in [0.25, 0.3) is 0 Å². The van der Waals surface area contributed by atoms with Crippen molar-refractivity contribution >= 4 is 11.6 Å². The van der Waals surface area contributed by atoms with Crippen LogP contribution >= 0.6 is 0 Å². The second kappa shape index (κ2) is 5.35. The van der Waals surface area contributed by atoms with Crippen LogP contribution in [0, 0.1) is 25.7 Å². The SMILES string of the molecule is Cc1cc(C)n(Cc2cccc(NC(=O)[C@H]3C[C@H]3C)c2)n1. The van der Waals surface area contributed by atoms with Crippen LogP contribution in [-0.2, 0) is 11.3 Å². The number of amides is 1. The lowest BCUT2D eigenvalue weighted by molar-refractivity contribution is -0.117. The van der Waals surface area contributed by atoms with Gasteiger partial charge >= 0.3 is 0 Å². The zero-order valence-corrected chi connectivity index (χ0v) is 12.8. The standard InChI is InChI=1S/C17H21N3O/c1-11-7-16(11)17(21)18-15-6-4-5-14(9-15)10-20-13(3)8-12(2)19-20/h4-6,8-9,11,16H,7,10H2,1-3H3,(H,18,21)/t11-,16+/m1/s1. The number of hydrogen-bond acceptors (Lipinski definition) is 2. The Labute approximate surface area is 125 Å². The second-order valence-corrected chi connectivity index (χ2v) is 6.09. The van der Waals surface area contributed by atoms with Gasteiger partial charge in [0.25, 0.3) is 0 Å². The van der Waals surface area contributed by atoms with Crippen LogP contribution in [0.3, 0.4) is 0 Å². The maximum Gasteiger partial charge on any atom is 0.227 e. The summed E-state index contributed by atoms with van der Waals surface area (Å²) in [7, 11) is 0. The topological polar surface area (TPSA) is 46.9 Å². The molecule has 1 aromatic heterocycles. The van der Waals surface area contributed by atoms with E-state index in [0.717, 1.165) is 35.6 Å². The van der Waals surface area contributed by atoms with Crippen molar-refractivity contribution in [1.82, 2.24) is 9.78 Å². The highest BCUT2D eigenvalue weighted by atomic mass is 16.2. The molecule has 2 aromatic rings. The number of aromatic nitrogens is 2. The van der Waals surface area contributed by atoms with Gasteiger partial charge in [0.05, 0.1) is 12.2 Å². The molecule has 4 nitrogen and oxygen atoms in total. The number of nitrogens with one attached hydrogen (secondary N) is 1. The number of nitrogens with zero attached hydrogens (tertiary/aromatic N) is 2. The van der Waals surface area contributed by atoms with Crippen LogP contribution in [0.2, 0.25) is 0 Å². The number of aryl methyl sites for hydroxylation is 2. The van der Waals surface area contributed by atoms with Gasteiger partial charge in [-0.15, -0.1) is 0 Å². The third-order valence-electron chi connectivity index (χ3n) is 4.08. The maximum atomic E-state index is 12.0. The van der Waals surface area contributed by atoms with Crippen molar-refractivity contribution in [1.29, 1.82) is 0 Å². The van der Waals surface area contributed by atoms with E-state index in [4.69, 9.17) is 0 Å². The summed E-state index contributed by atoms with van der Waals surface area (Å²) in [5.74, 6) is 0.873. The van der Waals surface area contributed by atoms with E-state index in [1.807, 2.05) is 29.8 Å². The van der Waals surface area contributed by atoms with Gasteiger partial charge in [0, 0.05) is 17.3 Å². The molecular weight excluding hydrogens is 262 g/mol. The third-order valence-corrected chi connectivity index (χ3v) is 4.08. The quantitative estimate of drug-likeness (QED) is 0.937. The van der Waals surface area contributed by atoms with Crippen molar-refractivity contribution in [3.8, 4) is 0 Å². The fourth-order valence-electron chi connectivity index (χ4n) is 2.68. The molecule has 1 amide bonds. The van der Waals surface area contributed by atoms with Gasteiger partial charge in [0.2, 0.25) is 5.91 Å². The van der Waals surface area contributed by atoms with Gasteiger partial charge in [-0.2, -0.15) is 5.10 Å². The first-order chi connectivity index (χ1) is 10.0. The Morgan fingerprint density at radius 2 is 2.14 bits per heavy atom. The van der Waals surface area contributed by atoms with E-state index in [9.17, 15) is 4.79 Å². The average molecular weight is 283 g/mol. The van der Waals surface area contributed by atoms with Gasteiger partial charge in [0.15, 0.2) is 0 Å². The molecule has 0 unspecified atom stereocenters. The van der Waals surface area contributed by atoms with Crippen LogP contribution in [0.1, 0.15) is 30.3 Å². The van der Waals surface area contributed by atoms with Crippen LogP contribution in [-0.4, -0.2) is 15.7 Å². The Morgan fingerprint density at radius 1 is 1.38 bits per heavy atom. The number of hydrogen-bond donors (Lipinski definition) is 1. The highest BCUT2D eigenvalue weighted by Crippen LogP contribution is 2.38. The predicted octanol–water partition coefficient (Wildman–Crippen LogP) is 3.14. The molecule has 1 fully saturated rings. The van der Waals surface area contributed by atoms with Crippen molar-refractivity contribution in [2.24, 2.45) is 11.8 Å². The molecule has 1 N–H and O–H groups in total. The highest BCUT2D eigenvalue weighted by molar-refractivity contribution is 5.94. The number of carbonyl (C=O) groups is 1. The minimum atomic E-state index is 0.144. The molecule has 2 atom stereocenters. The van der Waals surface area contributed by atoms with Crippen LogP contribution in [0.15, 0.2) is 30.3 Å². The molecule has 21 heavy (non-hydrogen) atoms. The molecule has 1 aromatic carbocycles. The molecule has 1 aliphatic rings. The molecule has 0 bridgehead atoms. The molecule has 3 rings (SSSR count). The Bertz CT molecular complexity index is 674. The molecule has 0 saturated heterocycles. The molecule has 1 aliphatic carbocycles. The molecular formula is C17H21N3O. The lowest BCUT2D eigenvalue weighted by atomic mass is 10.2. The molecule has 0 aliphatic heterocycles. The van der Waals surface area contributed by atoms with E-state index in [2.05, 4.69) is 36.4 Å². The largest absolute Gasteiger partial charge is 0.326 e. The number of anilines is 1. The van der Waals surface area contributed by atoms with Crippen LogP contribution in [0.5, 0.6) is 0 Å². The normalized spacial score (nSPS) is 20.3. The first-order valence-electron chi connectivity index (χ1n) is 7.44. The summed E-state index contributed by atoms with van der Waals surface area (Å²) in [5, 5.41) is 7.49. The fourth-order valence-corrected chi connectivity index (χ4v) is 2.68. The van der Waals surface area contributed by atoms with Crippen molar-refractivity contribution in [3.05, 3.63) is 47.3 Å². The number of carbonyl (C=O) groups excluding carboxylic acids is 1. The summed E-state index contributed by atoms with van der Waals surface area (Å²) in [5.41, 5.74) is 4.19. The third kappa shape index (κ3) is 3.15. The Morgan fingerprint density at radius 3 is 2.76 bits per heavy atom. The Kier molecular flexibility index (Phi) is 3.53. The van der Waals surface area contributed by atoms with Crippen molar-refractivity contribution in [3.63, 3.8) is 0 Å². The minimum absolute atomic E-state index is 0.144. The maximum absolute atomic E-state index is 12.0. The monoisotopic (exact) mass is 283 g/mol. The van der Waals surface area contributed by atoms with E-state index in [1.165, 1.54) is 0 Å².